The molecule has 2 rings (SSSR count). The quantitative estimate of drug-likeness (QED) is 0.856. The maximum Gasteiger partial charge on any atom is 0.0739 e. The summed E-state index contributed by atoms with van der Waals surface area (Å²) >= 11 is 9.53. The van der Waals surface area contributed by atoms with Gasteiger partial charge in [0.25, 0.3) is 0 Å². The Balaban J connectivity index is 2.07. The molecule has 0 amide bonds. The van der Waals surface area contributed by atoms with Crippen molar-refractivity contribution in [3.8, 4) is 0 Å². The van der Waals surface area contributed by atoms with Gasteiger partial charge in [0.15, 0.2) is 0 Å². The molecule has 20 heavy (non-hydrogen) atoms. The third kappa shape index (κ3) is 3.43. The molecule has 2 aromatic rings. The number of hydrogen-bond acceptors (Lipinski definition) is 2. The molecule has 1 aromatic carbocycles. The van der Waals surface area contributed by atoms with Crippen LogP contribution >= 0.6 is 27.5 Å². The summed E-state index contributed by atoms with van der Waals surface area (Å²) in [6.45, 7) is 7.92. The zero-order chi connectivity index (χ0) is 14.7. The summed E-state index contributed by atoms with van der Waals surface area (Å²) in [5.41, 5.74) is 3.44. The predicted octanol–water partition coefficient (Wildman–Crippen LogP) is 4.48. The number of aryl methyl sites for hydroxylation is 2. The maximum atomic E-state index is 5.91. The van der Waals surface area contributed by atoms with Crippen LogP contribution < -0.4 is 5.32 Å². The highest BCUT2D eigenvalue weighted by Gasteiger charge is 2.13. The normalized spacial score (nSPS) is 12.7. The molecule has 0 radical (unpaired) electrons. The maximum absolute atomic E-state index is 5.91. The van der Waals surface area contributed by atoms with Gasteiger partial charge in [0.05, 0.1) is 15.9 Å². The van der Waals surface area contributed by atoms with Crippen molar-refractivity contribution in [3.05, 3.63) is 50.7 Å². The van der Waals surface area contributed by atoms with Gasteiger partial charge in [-0.1, -0.05) is 23.7 Å². The molecule has 1 N–H and O–H groups in total. The topological polar surface area (TPSA) is 29.9 Å². The first-order chi connectivity index (χ1) is 9.52. The molecule has 5 heteroatoms. The molecule has 0 saturated carbocycles. The average molecular weight is 357 g/mol. The van der Waals surface area contributed by atoms with Crippen LogP contribution in [0.2, 0.25) is 5.02 Å². The van der Waals surface area contributed by atoms with Crippen molar-refractivity contribution in [2.75, 3.05) is 0 Å². The molecule has 0 spiro atoms. The Morgan fingerprint density at radius 3 is 2.60 bits per heavy atom. The third-order valence-electron chi connectivity index (χ3n) is 3.40. The van der Waals surface area contributed by atoms with Crippen molar-refractivity contribution in [3.63, 3.8) is 0 Å². The Hall–Kier alpha value is -0.840. The molecule has 0 unspecified atom stereocenters. The van der Waals surface area contributed by atoms with Crippen LogP contribution in [0.5, 0.6) is 0 Å². The number of nitrogens with one attached hydrogen (secondary N) is 1. The van der Waals surface area contributed by atoms with Crippen LogP contribution in [0.25, 0.3) is 0 Å². The van der Waals surface area contributed by atoms with E-state index in [1.165, 1.54) is 11.3 Å². The predicted molar refractivity (Wildman–Crippen MR) is 87.0 cm³/mol. The van der Waals surface area contributed by atoms with Crippen molar-refractivity contribution in [1.29, 1.82) is 0 Å². The lowest BCUT2D eigenvalue weighted by atomic mass is 10.1. The first-order valence-electron chi connectivity index (χ1n) is 6.73. The number of hydrogen-bond donors (Lipinski definition) is 1. The van der Waals surface area contributed by atoms with Crippen LogP contribution in [0.1, 0.15) is 36.8 Å². The molecular weight excluding hydrogens is 338 g/mol. The second kappa shape index (κ2) is 6.74. The van der Waals surface area contributed by atoms with E-state index < -0.39 is 0 Å². The minimum absolute atomic E-state index is 0.264. The van der Waals surface area contributed by atoms with Gasteiger partial charge >= 0.3 is 0 Å². The minimum atomic E-state index is 0.264. The van der Waals surface area contributed by atoms with Gasteiger partial charge in [-0.05, 0) is 54.4 Å². The molecule has 108 valence electrons. The largest absolute Gasteiger partial charge is 0.305 e. The Kier molecular flexibility index (Phi) is 5.24. The van der Waals surface area contributed by atoms with Crippen LogP contribution in [0, 0.1) is 6.92 Å². The summed E-state index contributed by atoms with van der Waals surface area (Å²) in [7, 11) is 0. The van der Waals surface area contributed by atoms with E-state index in [9.17, 15) is 0 Å². The van der Waals surface area contributed by atoms with Gasteiger partial charge in [-0.25, -0.2) is 0 Å². The van der Waals surface area contributed by atoms with E-state index in [1.807, 2.05) is 23.7 Å². The van der Waals surface area contributed by atoms with Crippen molar-refractivity contribution >= 4 is 27.5 Å². The highest BCUT2D eigenvalue weighted by Crippen LogP contribution is 2.22. The smallest absolute Gasteiger partial charge is 0.0739 e. The van der Waals surface area contributed by atoms with E-state index in [0.29, 0.717) is 0 Å². The minimum Gasteiger partial charge on any atom is -0.305 e. The van der Waals surface area contributed by atoms with Crippen molar-refractivity contribution in [1.82, 2.24) is 15.1 Å². The number of benzene rings is 1. The van der Waals surface area contributed by atoms with Gasteiger partial charge in [0.2, 0.25) is 0 Å². The van der Waals surface area contributed by atoms with E-state index in [4.69, 9.17) is 11.6 Å². The molecular formula is C15H19BrClN3. The zero-order valence-electron chi connectivity index (χ0n) is 12.0. The lowest BCUT2D eigenvalue weighted by molar-refractivity contribution is 0.530. The fraction of sp³-hybridized carbons (Fsp3) is 0.400. The first-order valence-corrected chi connectivity index (χ1v) is 7.90. The SMILES string of the molecule is CCn1nc(C)c(Br)c1CN[C@H](C)c1ccc(Cl)cc1. The molecule has 0 aliphatic carbocycles. The van der Waals surface area contributed by atoms with Crippen molar-refractivity contribution < 1.29 is 0 Å². The molecule has 0 saturated heterocycles. The summed E-state index contributed by atoms with van der Waals surface area (Å²) in [5.74, 6) is 0. The van der Waals surface area contributed by atoms with Crippen LogP contribution in [-0.4, -0.2) is 9.78 Å². The van der Waals surface area contributed by atoms with E-state index in [1.54, 1.807) is 0 Å². The zero-order valence-corrected chi connectivity index (χ0v) is 14.3. The fourth-order valence-corrected chi connectivity index (χ4v) is 2.71. The van der Waals surface area contributed by atoms with Gasteiger partial charge in [-0.2, -0.15) is 5.10 Å². The van der Waals surface area contributed by atoms with Gasteiger partial charge in [0.1, 0.15) is 0 Å². The Bertz CT molecular complexity index is 578. The number of aromatic nitrogens is 2. The molecule has 0 aliphatic heterocycles. The monoisotopic (exact) mass is 355 g/mol. The van der Waals surface area contributed by atoms with E-state index in [-0.39, 0.29) is 6.04 Å². The van der Waals surface area contributed by atoms with Crippen molar-refractivity contribution in [2.45, 2.75) is 39.9 Å². The fourth-order valence-electron chi connectivity index (χ4n) is 2.16. The van der Waals surface area contributed by atoms with Gasteiger partial charge in [-0.3, -0.25) is 4.68 Å². The van der Waals surface area contributed by atoms with E-state index >= 15 is 0 Å². The number of halogens is 2. The van der Waals surface area contributed by atoms with E-state index in [0.717, 1.165) is 28.3 Å². The number of nitrogens with zero attached hydrogens (tertiary/aromatic N) is 2. The summed E-state index contributed by atoms with van der Waals surface area (Å²) in [4.78, 5) is 0. The summed E-state index contributed by atoms with van der Waals surface area (Å²) in [5, 5.41) is 8.80. The highest BCUT2D eigenvalue weighted by molar-refractivity contribution is 9.10. The van der Waals surface area contributed by atoms with Crippen molar-refractivity contribution in [2.24, 2.45) is 0 Å². The molecule has 0 aliphatic rings. The molecule has 1 heterocycles. The lowest BCUT2D eigenvalue weighted by Crippen LogP contribution is -2.20. The third-order valence-corrected chi connectivity index (χ3v) is 4.68. The Labute approximate surface area is 133 Å². The summed E-state index contributed by atoms with van der Waals surface area (Å²) < 4.78 is 3.12. The first kappa shape index (κ1) is 15.5. The van der Waals surface area contributed by atoms with Gasteiger partial charge < -0.3 is 5.32 Å². The standard InChI is InChI=1S/C15H19BrClN3/c1-4-20-14(15(16)11(3)19-20)9-18-10(2)12-5-7-13(17)8-6-12/h5-8,10,18H,4,9H2,1-3H3/t10-/m1/s1. The van der Waals surface area contributed by atoms with Gasteiger partial charge in [-0.15, -0.1) is 0 Å². The van der Waals surface area contributed by atoms with Crippen LogP contribution in [0.3, 0.4) is 0 Å². The molecule has 0 bridgehead atoms. The van der Waals surface area contributed by atoms with E-state index in [2.05, 4.69) is 52.3 Å². The Morgan fingerprint density at radius 1 is 1.35 bits per heavy atom. The second-order valence-corrected chi connectivity index (χ2v) is 6.05. The lowest BCUT2D eigenvalue weighted by Gasteiger charge is -2.15. The molecule has 1 aromatic heterocycles. The van der Waals surface area contributed by atoms with Crippen LogP contribution in [0.4, 0.5) is 0 Å². The van der Waals surface area contributed by atoms with Crippen LogP contribution in [0.15, 0.2) is 28.7 Å². The molecule has 3 nitrogen and oxygen atoms in total. The summed E-state index contributed by atoms with van der Waals surface area (Å²) in [6.07, 6.45) is 0. The van der Waals surface area contributed by atoms with Crippen LogP contribution in [-0.2, 0) is 13.1 Å². The average Bonchev–Trinajstić information content (AvgIpc) is 2.72. The Morgan fingerprint density at radius 2 is 2.00 bits per heavy atom. The summed E-state index contributed by atoms with van der Waals surface area (Å²) in [6, 6.07) is 8.21. The highest BCUT2D eigenvalue weighted by atomic mass is 79.9. The molecule has 0 fully saturated rings. The molecule has 1 atom stereocenters. The second-order valence-electron chi connectivity index (χ2n) is 4.82. The number of rotatable bonds is 5. The van der Waals surface area contributed by atoms with Gasteiger partial charge in [0, 0.05) is 24.2 Å².